The van der Waals surface area contributed by atoms with E-state index in [2.05, 4.69) is 24.1 Å². The van der Waals surface area contributed by atoms with E-state index in [1.807, 2.05) is 35.2 Å². The lowest BCUT2D eigenvalue weighted by Gasteiger charge is -2.55. The van der Waals surface area contributed by atoms with Gasteiger partial charge in [-0.05, 0) is 49.2 Å². The van der Waals surface area contributed by atoms with E-state index in [0.29, 0.717) is 0 Å². The zero-order valence-electron chi connectivity index (χ0n) is 14.2. The van der Waals surface area contributed by atoms with Gasteiger partial charge in [0.1, 0.15) is 5.75 Å². The molecule has 4 heteroatoms. The molecular formula is C20H24N2O2. The van der Waals surface area contributed by atoms with Gasteiger partial charge in [0, 0.05) is 25.2 Å². The van der Waals surface area contributed by atoms with Gasteiger partial charge in [-0.2, -0.15) is 0 Å². The topological polar surface area (TPSA) is 32.8 Å². The molecule has 2 aliphatic heterocycles. The molecule has 2 heterocycles. The van der Waals surface area contributed by atoms with E-state index < -0.39 is 0 Å². The zero-order chi connectivity index (χ0) is 16.6. The average molecular weight is 324 g/mol. The number of hydrogen-bond donors (Lipinski definition) is 0. The molecule has 1 atom stereocenters. The lowest BCUT2D eigenvalue weighted by atomic mass is 9.78. The van der Waals surface area contributed by atoms with Gasteiger partial charge >= 0.3 is 0 Å². The quantitative estimate of drug-likeness (QED) is 0.870. The van der Waals surface area contributed by atoms with E-state index in [9.17, 15) is 4.79 Å². The molecule has 2 saturated heterocycles. The van der Waals surface area contributed by atoms with Crippen molar-refractivity contribution in [2.24, 2.45) is 0 Å². The van der Waals surface area contributed by atoms with Gasteiger partial charge in [-0.1, -0.05) is 30.3 Å². The van der Waals surface area contributed by atoms with Crippen LogP contribution in [0.15, 0.2) is 42.5 Å². The lowest BCUT2D eigenvalue weighted by Crippen LogP contribution is -2.66. The van der Waals surface area contributed by atoms with Crippen LogP contribution >= 0.6 is 0 Å². The first kappa shape index (κ1) is 15.5. The highest BCUT2D eigenvalue weighted by molar-refractivity contribution is 5.84. The Labute approximate surface area is 143 Å². The maximum Gasteiger partial charge on any atom is 0.260 e. The Morgan fingerprint density at radius 3 is 2.71 bits per heavy atom. The molecule has 126 valence electrons. The van der Waals surface area contributed by atoms with Gasteiger partial charge < -0.3 is 9.64 Å². The van der Waals surface area contributed by atoms with Crippen molar-refractivity contribution < 1.29 is 9.53 Å². The van der Waals surface area contributed by atoms with Gasteiger partial charge in [0.15, 0.2) is 6.61 Å². The summed E-state index contributed by atoms with van der Waals surface area (Å²) in [7, 11) is 2.17. The van der Waals surface area contributed by atoms with Crippen LogP contribution in [0.2, 0.25) is 0 Å². The monoisotopic (exact) mass is 324 g/mol. The van der Waals surface area contributed by atoms with Gasteiger partial charge in [-0.15, -0.1) is 0 Å². The first-order chi connectivity index (χ1) is 11.7. The summed E-state index contributed by atoms with van der Waals surface area (Å²) in [6.07, 6.45) is 3.50. The first-order valence-corrected chi connectivity index (χ1v) is 8.77. The predicted octanol–water partition coefficient (Wildman–Crippen LogP) is 2.92. The molecule has 0 aliphatic carbocycles. The van der Waals surface area contributed by atoms with Crippen molar-refractivity contribution in [2.45, 2.75) is 24.8 Å². The molecular weight excluding hydrogens is 300 g/mol. The average Bonchev–Trinajstić information content (AvgIpc) is 2.64. The van der Waals surface area contributed by atoms with Crippen molar-refractivity contribution in [1.82, 2.24) is 9.80 Å². The highest BCUT2D eigenvalue weighted by Gasteiger charge is 2.45. The number of carbonyl (C=O) groups is 1. The summed E-state index contributed by atoms with van der Waals surface area (Å²) in [6, 6.07) is 14.1. The molecule has 24 heavy (non-hydrogen) atoms. The number of benzene rings is 2. The molecule has 2 aromatic carbocycles. The normalized spacial score (nSPS) is 24.1. The second kappa shape index (κ2) is 6.10. The second-order valence-corrected chi connectivity index (χ2v) is 7.11. The Hall–Kier alpha value is -2.07. The first-order valence-electron chi connectivity index (χ1n) is 8.77. The van der Waals surface area contributed by atoms with E-state index in [1.165, 1.54) is 18.2 Å². The van der Waals surface area contributed by atoms with E-state index in [-0.39, 0.29) is 18.1 Å². The molecule has 4 nitrogen and oxygen atoms in total. The summed E-state index contributed by atoms with van der Waals surface area (Å²) >= 11 is 0. The summed E-state index contributed by atoms with van der Waals surface area (Å²) < 4.78 is 5.77. The summed E-state index contributed by atoms with van der Waals surface area (Å²) in [4.78, 5) is 16.9. The van der Waals surface area contributed by atoms with Gasteiger partial charge in [0.05, 0.1) is 0 Å². The number of rotatable bonds is 3. The van der Waals surface area contributed by atoms with Crippen molar-refractivity contribution in [3.63, 3.8) is 0 Å². The molecule has 2 aliphatic rings. The zero-order valence-corrected chi connectivity index (χ0v) is 14.2. The smallest absolute Gasteiger partial charge is 0.260 e. The minimum atomic E-state index is 0.0996. The van der Waals surface area contributed by atoms with Gasteiger partial charge in [-0.25, -0.2) is 0 Å². The van der Waals surface area contributed by atoms with Gasteiger partial charge in [0.2, 0.25) is 0 Å². The number of ether oxygens (including phenoxy) is 1. The molecule has 2 fully saturated rings. The Morgan fingerprint density at radius 1 is 1.12 bits per heavy atom. The number of carbonyl (C=O) groups excluding carboxylic acids is 1. The standard InChI is InChI=1S/C20H24N2O2/c1-21-12-10-20(21)9-4-11-22(15-20)19(23)14-24-18-8-7-16-5-2-3-6-17(16)13-18/h2-3,5-8,13H,4,9-12,14-15H2,1H3/t20-/m1/s1. The molecule has 0 radical (unpaired) electrons. The highest BCUT2D eigenvalue weighted by atomic mass is 16.5. The van der Waals surface area contributed by atoms with Crippen LogP contribution in [0, 0.1) is 0 Å². The summed E-state index contributed by atoms with van der Waals surface area (Å²) in [5.41, 5.74) is 0.233. The molecule has 2 aromatic rings. The Bertz CT molecular complexity index is 760. The largest absolute Gasteiger partial charge is 0.484 e. The number of likely N-dealkylation sites (N-methyl/N-ethyl adjacent to an activating group) is 1. The number of likely N-dealkylation sites (tertiary alicyclic amines) is 2. The third kappa shape index (κ3) is 2.75. The summed E-state index contributed by atoms with van der Waals surface area (Å²) in [5, 5.41) is 2.32. The van der Waals surface area contributed by atoms with Crippen LogP contribution in [0.5, 0.6) is 5.75 Å². The Kier molecular flexibility index (Phi) is 3.93. The molecule has 0 aromatic heterocycles. The fourth-order valence-corrected chi connectivity index (χ4v) is 3.99. The van der Waals surface area contributed by atoms with E-state index >= 15 is 0 Å². The Morgan fingerprint density at radius 2 is 1.96 bits per heavy atom. The van der Waals surface area contributed by atoms with Crippen molar-refractivity contribution >= 4 is 16.7 Å². The highest BCUT2D eigenvalue weighted by Crippen LogP contribution is 2.37. The predicted molar refractivity (Wildman–Crippen MR) is 95.2 cm³/mol. The van der Waals surface area contributed by atoms with Crippen molar-refractivity contribution in [3.8, 4) is 5.75 Å². The summed E-state index contributed by atoms with van der Waals surface area (Å²) in [5.74, 6) is 0.858. The molecule has 1 amide bonds. The Balaban J connectivity index is 1.38. The number of hydrogen-bond acceptors (Lipinski definition) is 3. The van der Waals surface area contributed by atoms with Crippen LogP contribution in [0.1, 0.15) is 19.3 Å². The van der Waals surface area contributed by atoms with Crippen LogP contribution in [-0.2, 0) is 4.79 Å². The number of nitrogens with zero attached hydrogens (tertiary/aromatic N) is 2. The van der Waals surface area contributed by atoms with Crippen LogP contribution in [0.4, 0.5) is 0 Å². The number of amides is 1. The minimum Gasteiger partial charge on any atom is -0.484 e. The van der Waals surface area contributed by atoms with Crippen molar-refractivity contribution in [1.29, 1.82) is 0 Å². The van der Waals surface area contributed by atoms with Crippen LogP contribution in [0.3, 0.4) is 0 Å². The maximum absolute atomic E-state index is 12.6. The van der Waals surface area contributed by atoms with Gasteiger partial charge in [-0.3, -0.25) is 9.69 Å². The van der Waals surface area contributed by atoms with Crippen LogP contribution < -0.4 is 4.74 Å². The fraction of sp³-hybridized carbons (Fsp3) is 0.450. The molecule has 0 unspecified atom stereocenters. The lowest BCUT2D eigenvalue weighted by molar-refractivity contribution is -0.141. The molecule has 1 spiro atoms. The van der Waals surface area contributed by atoms with E-state index in [0.717, 1.165) is 37.2 Å². The molecule has 0 saturated carbocycles. The molecule has 4 rings (SSSR count). The van der Waals surface area contributed by atoms with Crippen molar-refractivity contribution in [3.05, 3.63) is 42.5 Å². The second-order valence-electron chi connectivity index (χ2n) is 7.11. The van der Waals surface area contributed by atoms with Crippen LogP contribution in [0.25, 0.3) is 10.8 Å². The molecule has 0 N–H and O–H groups in total. The number of piperidine rings is 1. The SMILES string of the molecule is CN1CC[C@@]12CCCN(C(=O)COc1ccc3ccccc3c1)C2. The van der Waals surface area contributed by atoms with E-state index in [4.69, 9.17) is 4.74 Å². The van der Waals surface area contributed by atoms with Crippen LogP contribution in [-0.4, -0.2) is 54.5 Å². The summed E-state index contributed by atoms with van der Waals surface area (Å²) in [6.45, 7) is 2.98. The third-order valence-electron chi connectivity index (χ3n) is 5.71. The fourth-order valence-electron chi connectivity index (χ4n) is 3.99. The number of fused-ring (bicyclic) bond motifs is 1. The van der Waals surface area contributed by atoms with E-state index in [1.54, 1.807) is 0 Å². The molecule has 0 bridgehead atoms. The van der Waals surface area contributed by atoms with Gasteiger partial charge in [0.25, 0.3) is 5.91 Å². The van der Waals surface area contributed by atoms with Crippen molar-refractivity contribution in [2.75, 3.05) is 33.3 Å². The minimum absolute atomic E-state index is 0.0996. The third-order valence-corrected chi connectivity index (χ3v) is 5.71. The maximum atomic E-state index is 12.6.